The molecule has 0 N–H and O–H groups in total. The Morgan fingerprint density at radius 3 is 2.58 bits per heavy atom. The van der Waals surface area contributed by atoms with Gasteiger partial charge < -0.3 is 0 Å². The zero-order valence-electron chi connectivity index (χ0n) is 8.56. The molecule has 1 aliphatic rings. The Balaban J connectivity index is 2.43. The van der Waals surface area contributed by atoms with Crippen molar-refractivity contribution in [1.82, 2.24) is 0 Å². The van der Waals surface area contributed by atoms with E-state index in [1.54, 1.807) is 5.57 Å². The van der Waals surface area contributed by atoms with Crippen molar-refractivity contribution in [3.8, 4) is 0 Å². The number of hydrogen-bond acceptors (Lipinski definition) is 0. The third-order valence-corrected chi connectivity index (χ3v) is 2.75. The van der Waals surface area contributed by atoms with Crippen molar-refractivity contribution in [2.24, 2.45) is 5.92 Å². The van der Waals surface area contributed by atoms with Crippen molar-refractivity contribution in [1.29, 1.82) is 0 Å². The smallest absolute Gasteiger partial charge is 0.0280 e. The molecule has 1 atom stereocenters. The van der Waals surface area contributed by atoms with Gasteiger partial charge in [0.15, 0.2) is 0 Å². The van der Waals surface area contributed by atoms with Crippen LogP contribution in [0.2, 0.25) is 0 Å². The summed E-state index contributed by atoms with van der Waals surface area (Å²) in [5, 5.41) is 0. The minimum Gasteiger partial charge on any atom is -0.0730 e. The van der Waals surface area contributed by atoms with Gasteiger partial charge in [-0.3, -0.25) is 0 Å². The van der Waals surface area contributed by atoms with Crippen LogP contribution in [0.15, 0.2) is 23.3 Å². The lowest BCUT2D eigenvalue weighted by molar-refractivity contribution is 0.545. The summed E-state index contributed by atoms with van der Waals surface area (Å²) >= 11 is 0. The lowest BCUT2D eigenvalue weighted by Gasteiger charge is -2.15. The Kier molecular flexibility index (Phi) is 3.58. The number of rotatable bonds is 3. The molecule has 1 rings (SSSR count). The average Bonchev–Trinajstić information content (AvgIpc) is 2.09. The van der Waals surface area contributed by atoms with Crippen molar-refractivity contribution >= 4 is 0 Å². The summed E-state index contributed by atoms with van der Waals surface area (Å²) in [5.74, 6) is 0.864. The molecule has 0 fully saturated rings. The van der Waals surface area contributed by atoms with Gasteiger partial charge in [0.05, 0.1) is 0 Å². The molecule has 0 amide bonds. The molecule has 0 saturated heterocycles. The maximum Gasteiger partial charge on any atom is -0.0280 e. The maximum absolute atomic E-state index is 2.34. The SMILES string of the molecule is CCC(C)CC1=CC=C(C)CC1. The van der Waals surface area contributed by atoms with Crippen molar-refractivity contribution < 1.29 is 0 Å². The zero-order valence-corrected chi connectivity index (χ0v) is 8.56. The van der Waals surface area contributed by atoms with E-state index in [2.05, 4.69) is 32.9 Å². The van der Waals surface area contributed by atoms with E-state index in [0.29, 0.717) is 0 Å². The van der Waals surface area contributed by atoms with Crippen LogP contribution in [-0.2, 0) is 0 Å². The van der Waals surface area contributed by atoms with Crippen LogP contribution in [0.4, 0.5) is 0 Å². The third kappa shape index (κ3) is 2.84. The minimum absolute atomic E-state index is 0.864. The third-order valence-electron chi connectivity index (χ3n) is 2.75. The van der Waals surface area contributed by atoms with Crippen LogP contribution >= 0.6 is 0 Å². The van der Waals surface area contributed by atoms with Crippen LogP contribution in [0, 0.1) is 5.92 Å². The fraction of sp³-hybridized carbons (Fsp3) is 0.667. The van der Waals surface area contributed by atoms with Crippen LogP contribution in [0.3, 0.4) is 0 Å². The Hall–Kier alpha value is -0.520. The fourth-order valence-corrected chi connectivity index (χ4v) is 1.55. The predicted molar refractivity (Wildman–Crippen MR) is 55.1 cm³/mol. The predicted octanol–water partition coefficient (Wildman–Crippen LogP) is 4.09. The summed E-state index contributed by atoms with van der Waals surface area (Å²) in [6.45, 7) is 6.83. The second-order valence-corrected chi connectivity index (χ2v) is 4.06. The first-order chi connectivity index (χ1) is 5.72. The summed E-state index contributed by atoms with van der Waals surface area (Å²) in [5.41, 5.74) is 3.18. The maximum atomic E-state index is 2.34. The highest BCUT2D eigenvalue weighted by molar-refractivity contribution is 5.22. The van der Waals surface area contributed by atoms with Crippen LogP contribution < -0.4 is 0 Å². The van der Waals surface area contributed by atoms with Crippen LogP contribution in [0.25, 0.3) is 0 Å². The molecule has 1 unspecified atom stereocenters. The fourth-order valence-electron chi connectivity index (χ4n) is 1.55. The van der Waals surface area contributed by atoms with E-state index in [1.807, 2.05) is 0 Å². The van der Waals surface area contributed by atoms with E-state index < -0.39 is 0 Å². The van der Waals surface area contributed by atoms with Gasteiger partial charge in [-0.15, -0.1) is 0 Å². The highest BCUT2D eigenvalue weighted by Gasteiger charge is 2.06. The summed E-state index contributed by atoms with van der Waals surface area (Å²) in [6.07, 6.45) is 9.79. The van der Waals surface area contributed by atoms with E-state index in [1.165, 1.54) is 31.3 Å². The molecular formula is C12H20. The van der Waals surface area contributed by atoms with Crippen molar-refractivity contribution in [2.45, 2.75) is 46.5 Å². The quantitative estimate of drug-likeness (QED) is 0.589. The van der Waals surface area contributed by atoms with Crippen LogP contribution in [0.5, 0.6) is 0 Å². The van der Waals surface area contributed by atoms with Gasteiger partial charge in [-0.1, -0.05) is 43.6 Å². The summed E-state index contributed by atoms with van der Waals surface area (Å²) in [4.78, 5) is 0. The molecule has 0 saturated carbocycles. The van der Waals surface area contributed by atoms with E-state index in [0.717, 1.165) is 5.92 Å². The summed E-state index contributed by atoms with van der Waals surface area (Å²) < 4.78 is 0. The largest absolute Gasteiger partial charge is 0.0730 e. The first-order valence-corrected chi connectivity index (χ1v) is 5.07. The molecule has 0 aliphatic heterocycles. The highest BCUT2D eigenvalue weighted by atomic mass is 14.1. The number of hydrogen-bond donors (Lipinski definition) is 0. The van der Waals surface area contributed by atoms with E-state index in [-0.39, 0.29) is 0 Å². The van der Waals surface area contributed by atoms with Crippen molar-refractivity contribution in [2.75, 3.05) is 0 Å². The molecule has 0 spiro atoms. The van der Waals surface area contributed by atoms with E-state index in [4.69, 9.17) is 0 Å². The molecule has 0 aromatic carbocycles. The van der Waals surface area contributed by atoms with Gasteiger partial charge in [-0.25, -0.2) is 0 Å². The molecular weight excluding hydrogens is 144 g/mol. The average molecular weight is 164 g/mol. The van der Waals surface area contributed by atoms with Crippen LogP contribution in [0.1, 0.15) is 46.5 Å². The van der Waals surface area contributed by atoms with E-state index in [9.17, 15) is 0 Å². The molecule has 0 heterocycles. The second-order valence-electron chi connectivity index (χ2n) is 4.06. The first-order valence-electron chi connectivity index (χ1n) is 5.07. The molecule has 0 radical (unpaired) electrons. The minimum atomic E-state index is 0.864. The molecule has 12 heavy (non-hydrogen) atoms. The van der Waals surface area contributed by atoms with Crippen LogP contribution in [-0.4, -0.2) is 0 Å². The summed E-state index contributed by atoms with van der Waals surface area (Å²) in [6, 6.07) is 0. The molecule has 0 heteroatoms. The first kappa shape index (κ1) is 9.57. The molecule has 0 nitrogen and oxygen atoms in total. The lowest BCUT2D eigenvalue weighted by atomic mass is 9.91. The van der Waals surface area contributed by atoms with Crippen molar-refractivity contribution in [3.63, 3.8) is 0 Å². The number of allylic oxidation sites excluding steroid dienone is 4. The molecule has 1 aliphatic carbocycles. The molecule has 0 aromatic rings. The van der Waals surface area contributed by atoms with Gasteiger partial charge >= 0.3 is 0 Å². The molecule has 0 bridgehead atoms. The second kappa shape index (κ2) is 4.49. The molecule has 0 aromatic heterocycles. The van der Waals surface area contributed by atoms with Crippen molar-refractivity contribution in [3.05, 3.63) is 23.3 Å². The van der Waals surface area contributed by atoms with Gasteiger partial charge in [-0.2, -0.15) is 0 Å². The Morgan fingerprint density at radius 1 is 1.33 bits per heavy atom. The monoisotopic (exact) mass is 164 g/mol. The highest BCUT2D eigenvalue weighted by Crippen LogP contribution is 2.24. The van der Waals surface area contributed by atoms with Gasteiger partial charge in [0, 0.05) is 0 Å². The Bertz CT molecular complexity index is 196. The van der Waals surface area contributed by atoms with Gasteiger partial charge in [0.2, 0.25) is 0 Å². The Morgan fingerprint density at radius 2 is 2.08 bits per heavy atom. The molecule has 68 valence electrons. The standard InChI is InChI=1S/C12H20/c1-4-10(2)9-12-7-5-11(3)6-8-12/h5,7,10H,4,6,8-9H2,1-3H3. The summed E-state index contributed by atoms with van der Waals surface area (Å²) in [7, 11) is 0. The zero-order chi connectivity index (χ0) is 8.97. The topological polar surface area (TPSA) is 0 Å². The lowest BCUT2D eigenvalue weighted by Crippen LogP contribution is -1.98. The van der Waals surface area contributed by atoms with Gasteiger partial charge in [-0.05, 0) is 32.1 Å². The Labute approximate surface area is 76.4 Å². The van der Waals surface area contributed by atoms with Gasteiger partial charge in [0.25, 0.3) is 0 Å². The van der Waals surface area contributed by atoms with E-state index >= 15 is 0 Å². The normalized spacial score (nSPS) is 19.9. The van der Waals surface area contributed by atoms with Gasteiger partial charge in [0.1, 0.15) is 0 Å².